The van der Waals surface area contributed by atoms with Crippen LogP contribution in [-0.4, -0.2) is 32.3 Å². The Bertz CT molecular complexity index is 450. The quantitative estimate of drug-likeness (QED) is 0.904. The lowest BCUT2D eigenvalue weighted by Gasteiger charge is -2.44. The van der Waals surface area contributed by atoms with Crippen molar-refractivity contribution in [2.24, 2.45) is 5.92 Å². The van der Waals surface area contributed by atoms with E-state index in [2.05, 4.69) is 59.1 Å². The molecule has 1 fully saturated rings. The van der Waals surface area contributed by atoms with Crippen LogP contribution in [0.4, 0.5) is 5.69 Å². The number of piperazine rings is 1. The fourth-order valence-corrected chi connectivity index (χ4v) is 3.36. The molecule has 112 valence electrons. The van der Waals surface area contributed by atoms with Crippen LogP contribution in [0.5, 0.6) is 5.75 Å². The molecule has 0 amide bonds. The Morgan fingerprint density at radius 3 is 2.75 bits per heavy atom. The topological polar surface area (TPSA) is 24.5 Å². The zero-order valence-corrected chi connectivity index (χ0v) is 14.4. The van der Waals surface area contributed by atoms with Crippen molar-refractivity contribution < 1.29 is 4.74 Å². The van der Waals surface area contributed by atoms with Gasteiger partial charge in [0, 0.05) is 30.9 Å². The normalized spacial score (nSPS) is 23.2. The number of benzene rings is 1. The van der Waals surface area contributed by atoms with Gasteiger partial charge in [0.15, 0.2) is 0 Å². The lowest BCUT2D eigenvalue weighted by atomic mass is 9.97. The Hall–Kier alpha value is -0.740. The first-order valence-electron chi connectivity index (χ1n) is 7.40. The van der Waals surface area contributed by atoms with Gasteiger partial charge in [-0.25, -0.2) is 0 Å². The summed E-state index contributed by atoms with van der Waals surface area (Å²) in [7, 11) is 1.70. The van der Waals surface area contributed by atoms with Crippen molar-refractivity contribution in [2.75, 3.05) is 25.1 Å². The van der Waals surface area contributed by atoms with E-state index in [1.807, 2.05) is 6.07 Å². The number of halogens is 1. The molecule has 1 heterocycles. The van der Waals surface area contributed by atoms with E-state index >= 15 is 0 Å². The molecule has 0 saturated carbocycles. The summed E-state index contributed by atoms with van der Waals surface area (Å²) >= 11 is 3.60. The highest BCUT2D eigenvalue weighted by Gasteiger charge is 2.29. The van der Waals surface area contributed by atoms with E-state index in [4.69, 9.17) is 4.74 Å². The van der Waals surface area contributed by atoms with Gasteiger partial charge in [0.05, 0.1) is 11.6 Å². The minimum absolute atomic E-state index is 0.540. The van der Waals surface area contributed by atoms with Crippen LogP contribution in [0.3, 0.4) is 0 Å². The molecule has 2 unspecified atom stereocenters. The fraction of sp³-hybridized carbons (Fsp3) is 0.625. The third-order valence-corrected chi connectivity index (χ3v) is 4.78. The minimum atomic E-state index is 0.540. The number of hydrogen-bond donors (Lipinski definition) is 1. The number of rotatable bonds is 4. The van der Waals surface area contributed by atoms with E-state index in [1.54, 1.807) is 7.11 Å². The van der Waals surface area contributed by atoms with Gasteiger partial charge >= 0.3 is 0 Å². The Labute approximate surface area is 130 Å². The van der Waals surface area contributed by atoms with Crippen LogP contribution in [0, 0.1) is 5.92 Å². The SMILES string of the molecule is CCC1CN(c2ccc(OC)c(Br)c2)C(C(C)C)CN1. The molecule has 2 rings (SSSR count). The smallest absolute Gasteiger partial charge is 0.133 e. The molecule has 0 aliphatic carbocycles. The first-order valence-corrected chi connectivity index (χ1v) is 8.19. The lowest BCUT2D eigenvalue weighted by Crippen LogP contribution is -2.58. The molecule has 1 aliphatic heterocycles. The molecule has 0 radical (unpaired) electrons. The van der Waals surface area contributed by atoms with Crippen LogP contribution in [0.25, 0.3) is 0 Å². The van der Waals surface area contributed by atoms with E-state index in [0.717, 1.165) is 23.3 Å². The molecule has 0 bridgehead atoms. The number of ether oxygens (including phenoxy) is 1. The first kappa shape index (κ1) is 15.6. The van der Waals surface area contributed by atoms with Crippen molar-refractivity contribution in [3.05, 3.63) is 22.7 Å². The Morgan fingerprint density at radius 2 is 2.20 bits per heavy atom. The third kappa shape index (κ3) is 3.29. The zero-order chi connectivity index (χ0) is 14.7. The molecule has 4 heteroatoms. The molecule has 20 heavy (non-hydrogen) atoms. The van der Waals surface area contributed by atoms with Crippen molar-refractivity contribution in [1.29, 1.82) is 0 Å². The standard InChI is InChI=1S/C16H25BrN2O/c1-5-12-10-19(15(9-18-12)11(2)3)13-6-7-16(20-4)14(17)8-13/h6-8,11-12,15,18H,5,9-10H2,1-4H3. The molecule has 1 aromatic carbocycles. The van der Waals surface area contributed by atoms with E-state index in [0.29, 0.717) is 18.0 Å². The van der Waals surface area contributed by atoms with Gasteiger partial charge in [-0.05, 0) is 46.5 Å². The first-order chi connectivity index (χ1) is 9.56. The number of anilines is 1. The second-order valence-electron chi connectivity index (χ2n) is 5.80. The number of hydrogen-bond acceptors (Lipinski definition) is 3. The molecular weight excluding hydrogens is 316 g/mol. The maximum Gasteiger partial charge on any atom is 0.133 e. The highest BCUT2D eigenvalue weighted by atomic mass is 79.9. The van der Waals surface area contributed by atoms with Crippen LogP contribution in [0.2, 0.25) is 0 Å². The summed E-state index contributed by atoms with van der Waals surface area (Å²) < 4.78 is 6.35. The van der Waals surface area contributed by atoms with Gasteiger partial charge in [0.25, 0.3) is 0 Å². The monoisotopic (exact) mass is 340 g/mol. The molecule has 1 saturated heterocycles. The van der Waals surface area contributed by atoms with Gasteiger partial charge in [0.2, 0.25) is 0 Å². The summed E-state index contributed by atoms with van der Waals surface area (Å²) in [6, 6.07) is 7.49. The molecule has 1 aromatic rings. The summed E-state index contributed by atoms with van der Waals surface area (Å²) in [6.45, 7) is 8.96. The van der Waals surface area contributed by atoms with E-state index in [9.17, 15) is 0 Å². The maximum atomic E-state index is 5.33. The Balaban J connectivity index is 2.27. The van der Waals surface area contributed by atoms with Gasteiger partial charge in [-0.1, -0.05) is 20.8 Å². The van der Waals surface area contributed by atoms with E-state index in [1.165, 1.54) is 12.1 Å². The summed E-state index contributed by atoms with van der Waals surface area (Å²) in [6.07, 6.45) is 1.17. The van der Waals surface area contributed by atoms with Gasteiger partial charge in [0.1, 0.15) is 5.75 Å². The molecule has 1 aliphatic rings. The van der Waals surface area contributed by atoms with Crippen molar-refractivity contribution in [3.8, 4) is 5.75 Å². The maximum absolute atomic E-state index is 5.33. The number of methoxy groups -OCH3 is 1. The second-order valence-corrected chi connectivity index (χ2v) is 6.65. The summed E-state index contributed by atoms with van der Waals surface area (Å²) in [4.78, 5) is 2.54. The number of nitrogens with one attached hydrogen (secondary N) is 1. The van der Waals surface area contributed by atoms with Crippen LogP contribution in [0.15, 0.2) is 22.7 Å². The highest BCUT2D eigenvalue weighted by molar-refractivity contribution is 9.10. The van der Waals surface area contributed by atoms with Crippen molar-refractivity contribution in [1.82, 2.24) is 5.32 Å². The fourth-order valence-electron chi connectivity index (χ4n) is 2.83. The van der Waals surface area contributed by atoms with Gasteiger partial charge in [-0.15, -0.1) is 0 Å². The number of nitrogens with zero attached hydrogens (tertiary/aromatic N) is 1. The molecule has 0 spiro atoms. The summed E-state index contributed by atoms with van der Waals surface area (Å²) in [5, 5.41) is 3.66. The van der Waals surface area contributed by atoms with Crippen molar-refractivity contribution in [2.45, 2.75) is 39.3 Å². The zero-order valence-electron chi connectivity index (χ0n) is 12.8. The molecule has 0 aromatic heterocycles. The predicted octanol–water partition coefficient (Wildman–Crippen LogP) is 3.67. The Kier molecular flexibility index (Phi) is 5.33. The summed E-state index contributed by atoms with van der Waals surface area (Å²) in [5.41, 5.74) is 1.27. The van der Waals surface area contributed by atoms with E-state index in [-0.39, 0.29) is 0 Å². The predicted molar refractivity (Wildman–Crippen MR) is 88.7 cm³/mol. The van der Waals surface area contributed by atoms with Gasteiger partial charge in [-0.2, -0.15) is 0 Å². The van der Waals surface area contributed by atoms with Crippen molar-refractivity contribution >= 4 is 21.6 Å². The molecule has 3 nitrogen and oxygen atoms in total. The minimum Gasteiger partial charge on any atom is -0.496 e. The van der Waals surface area contributed by atoms with Crippen LogP contribution >= 0.6 is 15.9 Å². The lowest BCUT2D eigenvalue weighted by molar-refractivity contribution is 0.333. The average molecular weight is 341 g/mol. The largest absolute Gasteiger partial charge is 0.496 e. The second kappa shape index (κ2) is 6.81. The average Bonchev–Trinajstić information content (AvgIpc) is 2.46. The Morgan fingerprint density at radius 1 is 1.45 bits per heavy atom. The van der Waals surface area contributed by atoms with Crippen LogP contribution in [0.1, 0.15) is 27.2 Å². The molecule has 2 atom stereocenters. The molecule has 1 N–H and O–H groups in total. The third-order valence-electron chi connectivity index (χ3n) is 4.16. The summed E-state index contributed by atoms with van der Waals surface area (Å²) in [5.74, 6) is 1.51. The van der Waals surface area contributed by atoms with E-state index < -0.39 is 0 Å². The van der Waals surface area contributed by atoms with Crippen LogP contribution < -0.4 is 15.0 Å². The van der Waals surface area contributed by atoms with Crippen molar-refractivity contribution in [3.63, 3.8) is 0 Å². The van der Waals surface area contributed by atoms with Gasteiger partial charge < -0.3 is 15.0 Å². The molecular formula is C16H25BrN2O. The van der Waals surface area contributed by atoms with Gasteiger partial charge in [-0.3, -0.25) is 0 Å². The van der Waals surface area contributed by atoms with Crippen LogP contribution in [-0.2, 0) is 0 Å². The highest BCUT2D eigenvalue weighted by Crippen LogP contribution is 2.32.